The number of nitrogens with two attached hydrogens (primary N) is 1. The van der Waals surface area contributed by atoms with E-state index in [-0.39, 0.29) is 16.7 Å². The van der Waals surface area contributed by atoms with Gasteiger partial charge >= 0.3 is 0 Å². The second kappa shape index (κ2) is 4.61. The molecule has 1 aromatic rings. The molecule has 0 bridgehead atoms. The molecule has 86 valence electrons. The van der Waals surface area contributed by atoms with Crippen LogP contribution in [0.1, 0.15) is 37.2 Å². The summed E-state index contributed by atoms with van der Waals surface area (Å²) < 4.78 is 0. The minimum absolute atomic E-state index is 0.156. The average Bonchev–Trinajstić information content (AvgIpc) is 2.29. The standard InChI is InChI=1S/C12H16N2O2/c13-11-3-1-2-10(8-11)9-4-6-12(7-5-9)14(15)16/h4-7,10-11H,1-3,8,13H2/t10-,11+/m0/s1. The molecule has 2 atom stereocenters. The molecule has 1 aromatic carbocycles. The minimum atomic E-state index is -0.365. The second-order valence-corrected chi connectivity index (χ2v) is 4.47. The first kappa shape index (κ1) is 11.1. The van der Waals surface area contributed by atoms with Crippen LogP contribution in [0.25, 0.3) is 0 Å². The minimum Gasteiger partial charge on any atom is -0.328 e. The number of benzene rings is 1. The van der Waals surface area contributed by atoms with E-state index in [4.69, 9.17) is 5.73 Å². The van der Waals surface area contributed by atoms with Crippen molar-refractivity contribution >= 4 is 5.69 Å². The fourth-order valence-corrected chi connectivity index (χ4v) is 2.40. The molecule has 0 radical (unpaired) electrons. The van der Waals surface area contributed by atoms with E-state index in [1.54, 1.807) is 12.1 Å². The normalized spacial score (nSPS) is 25.3. The highest BCUT2D eigenvalue weighted by atomic mass is 16.6. The number of nitro groups is 1. The predicted molar refractivity (Wildman–Crippen MR) is 62.3 cm³/mol. The van der Waals surface area contributed by atoms with Crippen LogP contribution in [0.3, 0.4) is 0 Å². The molecule has 0 aromatic heterocycles. The molecule has 0 saturated heterocycles. The van der Waals surface area contributed by atoms with Crippen molar-refractivity contribution in [3.8, 4) is 0 Å². The predicted octanol–water partition coefficient (Wildman–Crippen LogP) is 2.58. The van der Waals surface area contributed by atoms with Crippen LogP contribution in [-0.4, -0.2) is 11.0 Å². The van der Waals surface area contributed by atoms with E-state index in [2.05, 4.69) is 0 Å². The maximum atomic E-state index is 10.5. The van der Waals surface area contributed by atoms with E-state index in [0.717, 1.165) is 25.7 Å². The molecule has 0 amide bonds. The molecule has 0 aliphatic heterocycles. The summed E-state index contributed by atoms with van der Waals surface area (Å²) in [7, 11) is 0. The Kier molecular flexibility index (Phi) is 3.19. The summed E-state index contributed by atoms with van der Waals surface area (Å²) in [4.78, 5) is 10.2. The Labute approximate surface area is 94.6 Å². The maximum Gasteiger partial charge on any atom is 0.269 e. The second-order valence-electron chi connectivity index (χ2n) is 4.47. The summed E-state index contributed by atoms with van der Waals surface area (Å²) in [5, 5.41) is 10.5. The van der Waals surface area contributed by atoms with Gasteiger partial charge in [-0.25, -0.2) is 0 Å². The van der Waals surface area contributed by atoms with Crippen molar-refractivity contribution in [1.82, 2.24) is 0 Å². The summed E-state index contributed by atoms with van der Waals surface area (Å²) in [6.45, 7) is 0. The molecule has 0 spiro atoms. The van der Waals surface area contributed by atoms with Crippen LogP contribution in [0, 0.1) is 10.1 Å². The molecule has 0 heterocycles. The summed E-state index contributed by atoms with van der Waals surface area (Å²) in [5.41, 5.74) is 7.27. The topological polar surface area (TPSA) is 69.2 Å². The van der Waals surface area contributed by atoms with E-state index < -0.39 is 0 Å². The van der Waals surface area contributed by atoms with Crippen LogP contribution in [0.4, 0.5) is 5.69 Å². The van der Waals surface area contributed by atoms with Crippen molar-refractivity contribution in [3.63, 3.8) is 0 Å². The first-order valence-electron chi connectivity index (χ1n) is 5.67. The highest BCUT2D eigenvalue weighted by Crippen LogP contribution is 2.32. The molecular weight excluding hydrogens is 204 g/mol. The number of hydrogen-bond donors (Lipinski definition) is 1. The van der Waals surface area contributed by atoms with Crippen molar-refractivity contribution in [3.05, 3.63) is 39.9 Å². The molecule has 1 aliphatic carbocycles. The Morgan fingerprint density at radius 2 is 1.94 bits per heavy atom. The zero-order valence-corrected chi connectivity index (χ0v) is 9.13. The monoisotopic (exact) mass is 220 g/mol. The summed E-state index contributed by atoms with van der Waals surface area (Å²) in [6, 6.07) is 7.17. The van der Waals surface area contributed by atoms with Crippen LogP contribution in [0.2, 0.25) is 0 Å². The van der Waals surface area contributed by atoms with Gasteiger partial charge in [-0.3, -0.25) is 10.1 Å². The van der Waals surface area contributed by atoms with Gasteiger partial charge in [0.15, 0.2) is 0 Å². The molecule has 1 saturated carbocycles. The van der Waals surface area contributed by atoms with Gasteiger partial charge in [0.25, 0.3) is 5.69 Å². The Balaban J connectivity index is 2.11. The van der Waals surface area contributed by atoms with Crippen LogP contribution >= 0.6 is 0 Å². The number of nitrogens with zero attached hydrogens (tertiary/aromatic N) is 1. The number of non-ortho nitro benzene ring substituents is 1. The van der Waals surface area contributed by atoms with Gasteiger partial charge in [-0.1, -0.05) is 18.6 Å². The van der Waals surface area contributed by atoms with E-state index in [9.17, 15) is 10.1 Å². The van der Waals surface area contributed by atoms with E-state index in [1.807, 2.05) is 12.1 Å². The zero-order chi connectivity index (χ0) is 11.5. The lowest BCUT2D eigenvalue weighted by Gasteiger charge is -2.26. The highest BCUT2D eigenvalue weighted by molar-refractivity contribution is 5.34. The first-order chi connectivity index (χ1) is 7.66. The summed E-state index contributed by atoms with van der Waals surface area (Å²) >= 11 is 0. The van der Waals surface area contributed by atoms with Gasteiger partial charge < -0.3 is 5.73 Å². The SMILES string of the molecule is N[C@@H]1CCC[C@H](c2ccc([N+](=O)[O-])cc2)C1. The Hall–Kier alpha value is -1.42. The molecule has 2 N–H and O–H groups in total. The van der Waals surface area contributed by atoms with Crippen LogP contribution in [-0.2, 0) is 0 Å². The smallest absolute Gasteiger partial charge is 0.269 e. The number of rotatable bonds is 2. The van der Waals surface area contributed by atoms with Crippen molar-refractivity contribution in [1.29, 1.82) is 0 Å². The first-order valence-corrected chi connectivity index (χ1v) is 5.67. The highest BCUT2D eigenvalue weighted by Gasteiger charge is 2.20. The third-order valence-electron chi connectivity index (χ3n) is 3.29. The lowest BCUT2D eigenvalue weighted by Crippen LogP contribution is -2.26. The third kappa shape index (κ3) is 2.39. The Bertz CT molecular complexity index is 375. The zero-order valence-electron chi connectivity index (χ0n) is 9.13. The lowest BCUT2D eigenvalue weighted by molar-refractivity contribution is -0.384. The Morgan fingerprint density at radius 1 is 1.25 bits per heavy atom. The number of nitro benzene ring substituents is 1. The molecule has 16 heavy (non-hydrogen) atoms. The quantitative estimate of drug-likeness (QED) is 0.615. The molecule has 4 heteroatoms. The fraction of sp³-hybridized carbons (Fsp3) is 0.500. The molecule has 1 fully saturated rings. The number of hydrogen-bond acceptors (Lipinski definition) is 3. The van der Waals surface area contributed by atoms with Gasteiger partial charge in [0.2, 0.25) is 0 Å². The summed E-state index contributed by atoms with van der Waals surface area (Å²) in [6.07, 6.45) is 4.40. The largest absolute Gasteiger partial charge is 0.328 e. The Morgan fingerprint density at radius 3 is 2.50 bits per heavy atom. The van der Waals surface area contributed by atoms with Crippen LogP contribution < -0.4 is 5.73 Å². The van der Waals surface area contributed by atoms with Gasteiger partial charge in [-0.2, -0.15) is 0 Å². The van der Waals surface area contributed by atoms with Crippen LogP contribution in [0.5, 0.6) is 0 Å². The van der Waals surface area contributed by atoms with Crippen molar-refractivity contribution in [2.24, 2.45) is 5.73 Å². The van der Waals surface area contributed by atoms with Crippen molar-refractivity contribution in [2.45, 2.75) is 37.6 Å². The summed E-state index contributed by atoms with van der Waals surface area (Å²) in [5.74, 6) is 0.476. The third-order valence-corrected chi connectivity index (χ3v) is 3.29. The van der Waals surface area contributed by atoms with E-state index in [0.29, 0.717) is 5.92 Å². The van der Waals surface area contributed by atoms with Gasteiger partial charge in [0, 0.05) is 18.2 Å². The lowest BCUT2D eigenvalue weighted by atomic mass is 9.82. The van der Waals surface area contributed by atoms with Gasteiger partial charge in [-0.05, 0) is 30.7 Å². The van der Waals surface area contributed by atoms with Crippen LogP contribution in [0.15, 0.2) is 24.3 Å². The van der Waals surface area contributed by atoms with Gasteiger partial charge in [-0.15, -0.1) is 0 Å². The van der Waals surface area contributed by atoms with Gasteiger partial charge in [0.05, 0.1) is 4.92 Å². The average molecular weight is 220 g/mol. The molecular formula is C12H16N2O2. The molecule has 1 aliphatic rings. The molecule has 2 rings (SSSR count). The van der Waals surface area contributed by atoms with Crippen molar-refractivity contribution < 1.29 is 4.92 Å². The van der Waals surface area contributed by atoms with Crippen molar-refractivity contribution in [2.75, 3.05) is 0 Å². The fourth-order valence-electron chi connectivity index (χ4n) is 2.40. The van der Waals surface area contributed by atoms with E-state index >= 15 is 0 Å². The van der Waals surface area contributed by atoms with E-state index in [1.165, 1.54) is 5.56 Å². The molecule has 4 nitrogen and oxygen atoms in total. The van der Waals surface area contributed by atoms with Gasteiger partial charge in [0.1, 0.15) is 0 Å². The maximum absolute atomic E-state index is 10.5. The molecule has 0 unspecified atom stereocenters.